The van der Waals surface area contributed by atoms with Crippen molar-refractivity contribution < 1.29 is 8.42 Å². The minimum atomic E-state index is -4.05. The minimum Gasteiger partial charge on any atom is -0.381 e. The van der Waals surface area contributed by atoms with E-state index in [2.05, 4.69) is 4.40 Å². The van der Waals surface area contributed by atoms with Crippen LogP contribution in [0.3, 0.4) is 0 Å². The summed E-state index contributed by atoms with van der Waals surface area (Å²) in [5.41, 5.74) is 9.30. The maximum Gasteiger partial charge on any atom is 0.348 e. The monoisotopic (exact) mass is 477 g/mol. The average molecular weight is 478 g/mol. The van der Waals surface area contributed by atoms with Crippen molar-refractivity contribution in [2.75, 3.05) is 4.31 Å². The zero-order valence-electron chi connectivity index (χ0n) is 17.5. The van der Waals surface area contributed by atoms with Crippen LogP contribution in [0.15, 0.2) is 89.3 Å². The van der Waals surface area contributed by atoms with Crippen molar-refractivity contribution in [1.82, 2.24) is 9.55 Å². The van der Waals surface area contributed by atoms with Gasteiger partial charge in [-0.1, -0.05) is 84.4 Å². The predicted molar refractivity (Wildman–Crippen MR) is 130 cm³/mol. The van der Waals surface area contributed by atoms with Gasteiger partial charge in [-0.25, -0.2) is 9.29 Å². The first-order chi connectivity index (χ1) is 15.9. The van der Waals surface area contributed by atoms with Crippen LogP contribution < -0.4 is 10.0 Å². The second-order valence-electron chi connectivity index (χ2n) is 7.63. The zero-order chi connectivity index (χ0) is 23.0. The van der Waals surface area contributed by atoms with Crippen LogP contribution in [0.25, 0.3) is 11.4 Å². The Morgan fingerprint density at radius 2 is 1.42 bits per heavy atom. The Hall–Kier alpha value is -3.62. The Bertz CT molecular complexity index is 1430. The van der Waals surface area contributed by atoms with E-state index < -0.39 is 10.2 Å². The number of benzene rings is 3. The number of amidine groups is 1. The van der Waals surface area contributed by atoms with Gasteiger partial charge in [0.15, 0.2) is 11.7 Å². The van der Waals surface area contributed by atoms with Crippen LogP contribution in [0.1, 0.15) is 16.8 Å². The molecular weight excluding hydrogens is 458 g/mol. The number of hydrogen-bond donors (Lipinski definition) is 1. The highest BCUT2D eigenvalue weighted by molar-refractivity contribution is 7.91. The van der Waals surface area contributed by atoms with Crippen LogP contribution in [0, 0.1) is 0 Å². The molecule has 3 aromatic carbocycles. The van der Waals surface area contributed by atoms with Gasteiger partial charge in [0, 0.05) is 17.1 Å². The summed E-state index contributed by atoms with van der Waals surface area (Å²) in [6, 6.07) is 26.4. The van der Waals surface area contributed by atoms with E-state index in [1.807, 2.05) is 89.5 Å². The van der Waals surface area contributed by atoms with Crippen LogP contribution >= 0.6 is 11.6 Å². The molecule has 0 spiro atoms. The van der Waals surface area contributed by atoms with Crippen molar-refractivity contribution in [2.24, 2.45) is 10.1 Å². The van der Waals surface area contributed by atoms with Crippen LogP contribution in [0.4, 0.5) is 5.82 Å². The molecule has 2 N–H and O–H groups in total. The number of nitrogens with two attached hydrogens (primary N) is 1. The van der Waals surface area contributed by atoms with Gasteiger partial charge >= 0.3 is 10.2 Å². The number of nitrogens with zero attached hydrogens (tertiary/aromatic N) is 4. The third-order valence-electron chi connectivity index (χ3n) is 5.38. The average Bonchev–Trinajstić information content (AvgIpc) is 3.18. The van der Waals surface area contributed by atoms with Gasteiger partial charge in [0.25, 0.3) is 0 Å². The molecule has 1 aliphatic heterocycles. The van der Waals surface area contributed by atoms with Gasteiger partial charge in [0.1, 0.15) is 11.5 Å². The quantitative estimate of drug-likeness (QED) is 0.465. The third kappa shape index (κ3) is 4.10. The normalized spacial score (nSPS) is 14.6. The van der Waals surface area contributed by atoms with Crippen LogP contribution in [0.5, 0.6) is 0 Å². The minimum absolute atomic E-state index is 0.0852. The zero-order valence-corrected chi connectivity index (χ0v) is 19.0. The van der Waals surface area contributed by atoms with E-state index >= 15 is 0 Å². The molecular formula is C24H20ClN5O2S. The van der Waals surface area contributed by atoms with Gasteiger partial charge in [-0.3, -0.25) is 0 Å². The molecule has 0 unspecified atom stereocenters. The number of hydrogen-bond acceptors (Lipinski definition) is 4. The molecule has 1 aromatic heterocycles. The van der Waals surface area contributed by atoms with E-state index in [0.717, 1.165) is 16.7 Å². The van der Waals surface area contributed by atoms with E-state index in [-0.39, 0.29) is 18.2 Å². The first-order valence-corrected chi connectivity index (χ1v) is 12.0. The van der Waals surface area contributed by atoms with Gasteiger partial charge in [0.2, 0.25) is 0 Å². The molecule has 0 fully saturated rings. The number of aromatic nitrogens is 2. The molecule has 5 rings (SSSR count). The summed E-state index contributed by atoms with van der Waals surface area (Å²) in [7, 11) is -4.05. The molecule has 1 aliphatic rings. The SMILES string of the molecule is NC1=NS(=O)(=O)N(Cc2ccccc2)c2nc(-c3ccccc3)n(Cc3ccc(Cl)cc3)c21. The summed E-state index contributed by atoms with van der Waals surface area (Å²) in [4.78, 5) is 4.78. The van der Waals surface area contributed by atoms with Crippen molar-refractivity contribution in [3.63, 3.8) is 0 Å². The van der Waals surface area contributed by atoms with E-state index in [1.54, 1.807) is 0 Å². The summed E-state index contributed by atoms with van der Waals surface area (Å²) < 4.78 is 33.0. The van der Waals surface area contributed by atoms with Gasteiger partial charge < -0.3 is 10.3 Å². The standard InChI is InChI=1S/C24H20ClN5O2S/c25-20-13-11-18(12-14-20)15-29-21-22(26)28-33(31,32)30(16-17-7-3-1-4-8-17)24(21)27-23(29)19-9-5-2-6-10-19/h1-14H,15-16H2,(H2,26,28). The lowest BCUT2D eigenvalue weighted by atomic mass is 10.2. The summed E-state index contributed by atoms with van der Waals surface area (Å²) >= 11 is 6.06. The highest BCUT2D eigenvalue weighted by Gasteiger charge is 2.36. The molecule has 4 aromatic rings. The largest absolute Gasteiger partial charge is 0.381 e. The van der Waals surface area contributed by atoms with Crippen molar-refractivity contribution >= 4 is 33.5 Å². The molecule has 9 heteroatoms. The molecule has 0 atom stereocenters. The lowest BCUT2D eigenvalue weighted by Gasteiger charge is -2.25. The Labute approximate surface area is 197 Å². The first kappa shape index (κ1) is 21.2. The van der Waals surface area contributed by atoms with E-state index in [1.165, 1.54) is 4.31 Å². The highest BCUT2D eigenvalue weighted by Crippen LogP contribution is 2.34. The maximum absolute atomic E-state index is 13.0. The maximum atomic E-state index is 13.0. The van der Waals surface area contributed by atoms with Gasteiger partial charge in [-0.2, -0.15) is 8.42 Å². The van der Waals surface area contributed by atoms with Gasteiger partial charge in [-0.15, -0.1) is 4.40 Å². The fourth-order valence-corrected chi connectivity index (χ4v) is 5.05. The molecule has 2 heterocycles. The summed E-state index contributed by atoms with van der Waals surface area (Å²) in [5.74, 6) is 0.779. The lowest BCUT2D eigenvalue weighted by Crippen LogP contribution is -2.37. The molecule has 0 amide bonds. The van der Waals surface area contributed by atoms with Crippen LogP contribution in [-0.2, 0) is 23.3 Å². The third-order valence-corrected chi connectivity index (χ3v) is 6.91. The molecule has 0 saturated carbocycles. The molecule has 166 valence electrons. The molecule has 33 heavy (non-hydrogen) atoms. The summed E-state index contributed by atoms with van der Waals surface area (Å²) in [5, 5.41) is 0.635. The second-order valence-corrected chi connectivity index (χ2v) is 9.59. The van der Waals surface area contributed by atoms with Crippen molar-refractivity contribution in [3.8, 4) is 11.4 Å². The number of halogens is 1. The number of fused-ring (bicyclic) bond motifs is 1. The van der Waals surface area contributed by atoms with E-state index in [4.69, 9.17) is 22.3 Å². The molecule has 0 aliphatic carbocycles. The topological polar surface area (TPSA) is 93.6 Å². The Morgan fingerprint density at radius 1 is 0.818 bits per heavy atom. The van der Waals surface area contributed by atoms with Crippen molar-refractivity contribution in [1.29, 1.82) is 0 Å². The predicted octanol–water partition coefficient (Wildman–Crippen LogP) is 4.22. The first-order valence-electron chi connectivity index (χ1n) is 10.3. The molecule has 0 bridgehead atoms. The Balaban J connectivity index is 1.70. The lowest BCUT2D eigenvalue weighted by molar-refractivity contribution is 0.591. The summed E-state index contributed by atoms with van der Waals surface area (Å²) in [6.45, 7) is 0.512. The van der Waals surface area contributed by atoms with Crippen LogP contribution in [-0.4, -0.2) is 23.8 Å². The van der Waals surface area contributed by atoms with Crippen LogP contribution in [0.2, 0.25) is 5.02 Å². The fourth-order valence-electron chi connectivity index (χ4n) is 3.83. The molecule has 0 saturated heterocycles. The van der Waals surface area contributed by atoms with E-state index in [0.29, 0.717) is 23.1 Å². The van der Waals surface area contributed by atoms with Crippen molar-refractivity contribution in [2.45, 2.75) is 13.1 Å². The Kier molecular flexibility index (Phi) is 5.39. The van der Waals surface area contributed by atoms with Gasteiger partial charge in [-0.05, 0) is 23.3 Å². The number of imidazole rings is 1. The number of rotatable bonds is 5. The molecule has 0 radical (unpaired) electrons. The Morgan fingerprint density at radius 3 is 2.09 bits per heavy atom. The summed E-state index contributed by atoms with van der Waals surface area (Å²) in [6.07, 6.45) is 0. The fraction of sp³-hybridized carbons (Fsp3) is 0.0833. The van der Waals surface area contributed by atoms with Crippen molar-refractivity contribution in [3.05, 3.63) is 107 Å². The number of anilines is 1. The smallest absolute Gasteiger partial charge is 0.348 e. The van der Waals surface area contributed by atoms with E-state index in [9.17, 15) is 8.42 Å². The molecule has 7 nitrogen and oxygen atoms in total. The second kappa shape index (κ2) is 8.38. The van der Waals surface area contributed by atoms with Gasteiger partial charge in [0.05, 0.1) is 6.54 Å². The highest BCUT2D eigenvalue weighted by atomic mass is 35.5.